The number of anilines is 1. The first kappa shape index (κ1) is 29.2. The number of aromatic nitrogens is 1. The average Bonchev–Trinajstić information content (AvgIpc) is 3.36. The van der Waals surface area contributed by atoms with E-state index in [4.69, 9.17) is 9.47 Å². The van der Waals surface area contributed by atoms with Crippen molar-refractivity contribution in [2.75, 3.05) is 19.1 Å². The summed E-state index contributed by atoms with van der Waals surface area (Å²) in [4.78, 5) is 42.0. The molecule has 10 nitrogen and oxygen atoms in total. The van der Waals surface area contributed by atoms with Crippen molar-refractivity contribution in [3.05, 3.63) is 128 Å². The van der Waals surface area contributed by atoms with Crippen molar-refractivity contribution in [1.82, 2.24) is 4.57 Å². The summed E-state index contributed by atoms with van der Waals surface area (Å²) >= 11 is 0. The number of non-ortho nitro benzene ring substituents is 1. The molecule has 0 fully saturated rings. The Balaban J connectivity index is 1.76. The number of amides is 1. The predicted molar refractivity (Wildman–Crippen MR) is 171 cm³/mol. The van der Waals surface area contributed by atoms with E-state index in [2.05, 4.69) is 0 Å². The minimum absolute atomic E-state index is 0.0795. The van der Waals surface area contributed by atoms with Crippen molar-refractivity contribution in [1.29, 1.82) is 0 Å². The Morgan fingerprint density at radius 2 is 1.49 bits per heavy atom. The summed E-state index contributed by atoms with van der Waals surface area (Å²) in [5.41, 5.74) is 4.12. The van der Waals surface area contributed by atoms with Crippen molar-refractivity contribution in [2.24, 2.45) is 0 Å². The third kappa shape index (κ3) is 4.76. The van der Waals surface area contributed by atoms with Gasteiger partial charge in [0.15, 0.2) is 11.5 Å². The third-order valence-corrected chi connectivity index (χ3v) is 8.12. The molecule has 10 heteroatoms. The highest BCUT2D eigenvalue weighted by Crippen LogP contribution is 2.44. The molecule has 0 bridgehead atoms. The van der Waals surface area contributed by atoms with Crippen LogP contribution in [0.4, 0.5) is 11.4 Å². The van der Waals surface area contributed by atoms with Crippen LogP contribution in [0.3, 0.4) is 0 Å². The lowest BCUT2D eigenvalue weighted by Gasteiger charge is -2.21. The van der Waals surface area contributed by atoms with Crippen LogP contribution < -0.4 is 19.9 Å². The van der Waals surface area contributed by atoms with Crippen LogP contribution >= 0.6 is 0 Å². The lowest BCUT2D eigenvalue weighted by molar-refractivity contribution is -0.384. The number of rotatable bonds is 7. The van der Waals surface area contributed by atoms with Crippen LogP contribution in [0.15, 0.2) is 89.7 Å². The molecule has 0 saturated heterocycles. The standard InChI is InChI=1S/C35H29N3O7/c1-20-8-7-9-21(2)32(20)36-19-26-31(25-10-5-6-11-27(25)39)30(22-12-14-23(15-13-22)38(42)43)34(40)37(33(26)35(36)41)24-16-17-28(44-3)29(18-24)45-4/h5-18,39H,19H2,1-4H3. The molecule has 1 N–H and O–H groups in total. The maximum absolute atomic E-state index is 14.8. The predicted octanol–water partition coefficient (Wildman–Crippen LogP) is 6.58. The summed E-state index contributed by atoms with van der Waals surface area (Å²) in [5.74, 6) is 0.329. The summed E-state index contributed by atoms with van der Waals surface area (Å²) in [7, 11) is 2.98. The molecular formula is C35H29N3O7. The van der Waals surface area contributed by atoms with Gasteiger partial charge in [-0.1, -0.05) is 36.4 Å². The molecule has 1 aliphatic rings. The number of carbonyl (C=O) groups excluding carboxylic acids is 1. The largest absolute Gasteiger partial charge is 0.507 e. The highest BCUT2D eigenvalue weighted by molar-refractivity contribution is 6.12. The maximum Gasteiger partial charge on any atom is 0.276 e. The number of ether oxygens (including phenoxy) is 2. The molecule has 0 aliphatic carbocycles. The number of hydrogen-bond acceptors (Lipinski definition) is 7. The molecule has 1 amide bonds. The minimum atomic E-state index is -0.551. The van der Waals surface area contributed by atoms with Gasteiger partial charge in [0, 0.05) is 34.9 Å². The number of phenolic OH excluding ortho intramolecular Hbond substituents is 1. The van der Waals surface area contributed by atoms with E-state index in [1.807, 2.05) is 32.0 Å². The Bertz CT molecular complexity index is 2050. The Morgan fingerprint density at radius 3 is 2.11 bits per heavy atom. The van der Waals surface area contributed by atoms with Crippen LogP contribution in [0.5, 0.6) is 17.2 Å². The van der Waals surface area contributed by atoms with Gasteiger partial charge >= 0.3 is 0 Å². The zero-order chi connectivity index (χ0) is 32.0. The number of pyridine rings is 1. The first-order chi connectivity index (χ1) is 21.7. The summed E-state index contributed by atoms with van der Waals surface area (Å²) in [5, 5.41) is 22.6. The SMILES string of the molecule is COc1ccc(-n2c3c(c(-c4ccccc4O)c(-c4ccc([N+](=O)[O-])cc4)c2=O)CN(c2c(C)cccc2C)C3=O)cc1OC. The number of aryl methyl sites for hydroxylation is 2. The molecule has 45 heavy (non-hydrogen) atoms. The minimum Gasteiger partial charge on any atom is -0.507 e. The van der Waals surface area contributed by atoms with E-state index >= 15 is 0 Å². The van der Waals surface area contributed by atoms with Crippen LogP contribution in [0.2, 0.25) is 0 Å². The molecular weight excluding hydrogens is 574 g/mol. The van der Waals surface area contributed by atoms with E-state index in [-0.39, 0.29) is 35.1 Å². The molecule has 0 spiro atoms. The number of hydrogen-bond donors (Lipinski definition) is 1. The molecule has 5 aromatic rings. The number of para-hydroxylation sites is 2. The Morgan fingerprint density at radius 1 is 0.822 bits per heavy atom. The van der Waals surface area contributed by atoms with Crippen molar-refractivity contribution < 1.29 is 24.3 Å². The second-order valence-corrected chi connectivity index (χ2v) is 10.7. The smallest absolute Gasteiger partial charge is 0.276 e. The summed E-state index contributed by atoms with van der Waals surface area (Å²) in [6.07, 6.45) is 0. The quantitative estimate of drug-likeness (QED) is 0.165. The highest BCUT2D eigenvalue weighted by atomic mass is 16.6. The van der Waals surface area contributed by atoms with Gasteiger partial charge in [-0.3, -0.25) is 24.3 Å². The Hall–Kier alpha value is -5.90. The molecule has 0 atom stereocenters. The fraction of sp³-hybridized carbons (Fsp3) is 0.143. The lowest BCUT2D eigenvalue weighted by Crippen LogP contribution is -2.30. The molecule has 0 unspecified atom stereocenters. The van der Waals surface area contributed by atoms with Crippen molar-refractivity contribution in [3.8, 4) is 45.2 Å². The number of nitro groups is 1. The number of carbonyl (C=O) groups is 1. The van der Waals surface area contributed by atoms with E-state index in [9.17, 15) is 24.8 Å². The third-order valence-electron chi connectivity index (χ3n) is 8.12. The van der Waals surface area contributed by atoms with Gasteiger partial charge in [-0.05, 0) is 60.9 Å². The first-order valence-corrected chi connectivity index (χ1v) is 14.1. The van der Waals surface area contributed by atoms with E-state index in [0.29, 0.717) is 39.4 Å². The highest BCUT2D eigenvalue weighted by Gasteiger charge is 2.39. The average molecular weight is 604 g/mol. The van der Waals surface area contributed by atoms with Gasteiger partial charge in [0.2, 0.25) is 0 Å². The Labute approximate surface area is 258 Å². The van der Waals surface area contributed by atoms with Crippen LogP contribution in [0.1, 0.15) is 27.2 Å². The second kappa shape index (κ2) is 11.3. The van der Waals surface area contributed by atoms with Gasteiger partial charge in [0.05, 0.1) is 42.6 Å². The second-order valence-electron chi connectivity index (χ2n) is 10.7. The van der Waals surface area contributed by atoms with Gasteiger partial charge in [-0.25, -0.2) is 0 Å². The van der Waals surface area contributed by atoms with Gasteiger partial charge in [-0.15, -0.1) is 0 Å². The van der Waals surface area contributed by atoms with E-state index < -0.39 is 10.5 Å². The fourth-order valence-corrected chi connectivity index (χ4v) is 6.08. The summed E-state index contributed by atoms with van der Waals surface area (Å²) in [6, 6.07) is 23.0. The molecule has 0 radical (unpaired) electrons. The first-order valence-electron chi connectivity index (χ1n) is 14.1. The zero-order valence-corrected chi connectivity index (χ0v) is 25.0. The molecule has 6 rings (SSSR count). The Kier molecular flexibility index (Phi) is 7.33. The van der Waals surface area contributed by atoms with Gasteiger partial charge in [0.25, 0.3) is 17.2 Å². The molecule has 0 saturated carbocycles. The fourth-order valence-electron chi connectivity index (χ4n) is 6.08. The lowest BCUT2D eigenvalue weighted by atomic mass is 9.90. The monoisotopic (exact) mass is 603 g/mol. The molecule has 4 aromatic carbocycles. The summed E-state index contributed by atoms with van der Waals surface area (Å²) < 4.78 is 12.3. The van der Waals surface area contributed by atoms with Crippen LogP contribution in [-0.4, -0.2) is 34.7 Å². The van der Waals surface area contributed by atoms with Crippen LogP contribution in [-0.2, 0) is 6.54 Å². The molecule has 226 valence electrons. The number of methoxy groups -OCH3 is 2. The van der Waals surface area contributed by atoms with Gasteiger partial charge in [0.1, 0.15) is 11.4 Å². The van der Waals surface area contributed by atoms with Crippen molar-refractivity contribution >= 4 is 17.3 Å². The van der Waals surface area contributed by atoms with Crippen LogP contribution in [0.25, 0.3) is 27.9 Å². The molecule has 2 heterocycles. The number of phenols is 1. The number of nitro benzene ring substituents is 1. The molecule has 1 aliphatic heterocycles. The molecule has 1 aromatic heterocycles. The van der Waals surface area contributed by atoms with Crippen molar-refractivity contribution in [2.45, 2.75) is 20.4 Å². The van der Waals surface area contributed by atoms with E-state index in [1.54, 1.807) is 41.3 Å². The van der Waals surface area contributed by atoms with Gasteiger partial charge < -0.3 is 19.5 Å². The van der Waals surface area contributed by atoms with Crippen LogP contribution in [0, 0.1) is 24.0 Å². The van der Waals surface area contributed by atoms with Gasteiger partial charge in [-0.2, -0.15) is 0 Å². The van der Waals surface area contributed by atoms with E-state index in [0.717, 1.165) is 16.8 Å². The number of aromatic hydroxyl groups is 1. The maximum atomic E-state index is 14.8. The zero-order valence-electron chi connectivity index (χ0n) is 25.0. The number of nitrogens with zero attached hydrogens (tertiary/aromatic N) is 3. The number of benzene rings is 4. The normalized spacial score (nSPS) is 12.3. The van der Waals surface area contributed by atoms with Crippen molar-refractivity contribution in [3.63, 3.8) is 0 Å². The summed E-state index contributed by atoms with van der Waals surface area (Å²) in [6.45, 7) is 3.95. The topological polar surface area (TPSA) is 124 Å². The van der Waals surface area contributed by atoms with E-state index in [1.165, 1.54) is 49.1 Å². The number of fused-ring (bicyclic) bond motifs is 1.